The second kappa shape index (κ2) is 6.95. The molecular formula is C12H19N3O2S2. The van der Waals surface area contributed by atoms with Crippen molar-refractivity contribution >= 4 is 27.2 Å². The number of nitrogens with zero attached hydrogens (tertiary/aromatic N) is 1. The fourth-order valence-corrected chi connectivity index (χ4v) is 2.99. The first kappa shape index (κ1) is 16.0. The molecule has 0 atom stereocenters. The maximum atomic E-state index is 12.2. The number of likely N-dealkylation sites (N-methyl/N-ethyl adjacent to an activating group) is 1. The SMILES string of the molecule is CCN(C)CCNS(=O)(=O)c1ccccc1C(N)=S. The van der Waals surface area contributed by atoms with Gasteiger partial charge in [-0.2, -0.15) is 0 Å². The summed E-state index contributed by atoms with van der Waals surface area (Å²) in [6.45, 7) is 3.87. The molecule has 7 heteroatoms. The van der Waals surface area contributed by atoms with Crippen molar-refractivity contribution in [2.75, 3.05) is 26.7 Å². The molecule has 0 aliphatic heterocycles. The van der Waals surface area contributed by atoms with Crippen LogP contribution >= 0.6 is 12.2 Å². The second-order valence-electron chi connectivity index (χ2n) is 4.15. The van der Waals surface area contributed by atoms with Gasteiger partial charge in [0.2, 0.25) is 10.0 Å². The summed E-state index contributed by atoms with van der Waals surface area (Å²) < 4.78 is 26.9. The maximum absolute atomic E-state index is 12.2. The summed E-state index contributed by atoms with van der Waals surface area (Å²) in [5, 5.41) is 0. The van der Waals surface area contributed by atoms with Crippen molar-refractivity contribution in [3.05, 3.63) is 29.8 Å². The van der Waals surface area contributed by atoms with Gasteiger partial charge in [-0.25, -0.2) is 13.1 Å². The van der Waals surface area contributed by atoms with Gasteiger partial charge in [-0.1, -0.05) is 37.3 Å². The average Bonchev–Trinajstić information content (AvgIpc) is 2.38. The summed E-state index contributed by atoms with van der Waals surface area (Å²) in [6.07, 6.45) is 0. The molecule has 1 aromatic carbocycles. The summed E-state index contributed by atoms with van der Waals surface area (Å²) in [4.78, 5) is 2.22. The smallest absolute Gasteiger partial charge is 0.241 e. The zero-order valence-corrected chi connectivity index (χ0v) is 12.7. The fraction of sp³-hybridized carbons (Fsp3) is 0.417. The molecule has 0 saturated carbocycles. The van der Waals surface area contributed by atoms with Gasteiger partial charge in [-0.05, 0) is 19.7 Å². The molecule has 0 aromatic heterocycles. The summed E-state index contributed by atoms with van der Waals surface area (Å²) in [7, 11) is -1.66. The Morgan fingerprint density at radius 2 is 2.05 bits per heavy atom. The second-order valence-corrected chi connectivity index (χ2v) is 6.33. The molecule has 106 valence electrons. The summed E-state index contributed by atoms with van der Waals surface area (Å²) in [5.74, 6) is 0. The molecule has 1 rings (SSSR count). The van der Waals surface area contributed by atoms with Crippen LogP contribution in [0, 0.1) is 0 Å². The molecule has 1 aromatic rings. The molecule has 0 spiro atoms. The van der Waals surface area contributed by atoms with Crippen LogP contribution in [0.2, 0.25) is 0 Å². The van der Waals surface area contributed by atoms with Crippen LogP contribution in [0.4, 0.5) is 0 Å². The Bertz CT molecular complexity index is 544. The molecule has 3 N–H and O–H groups in total. The van der Waals surface area contributed by atoms with Crippen LogP contribution in [0.3, 0.4) is 0 Å². The zero-order valence-electron chi connectivity index (χ0n) is 11.1. The highest BCUT2D eigenvalue weighted by atomic mass is 32.2. The van der Waals surface area contributed by atoms with E-state index in [1.54, 1.807) is 18.2 Å². The average molecular weight is 301 g/mol. The largest absolute Gasteiger partial charge is 0.389 e. The number of thiocarbonyl (C=S) groups is 1. The molecular weight excluding hydrogens is 282 g/mol. The van der Waals surface area contributed by atoms with E-state index in [1.807, 2.05) is 18.9 Å². The maximum Gasteiger partial charge on any atom is 0.241 e. The number of nitrogens with two attached hydrogens (primary N) is 1. The van der Waals surface area contributed by atoms with Gasteiger partial charge >= 0.3 is 0 Å². The molecule has 0 fully saturated rings. The van der Waals surface area contributed by atoms with E-state index >= 15 is 0 Å². The van der Waals surface area contributed by atoms with Crippen LogP contribution < -0.4 is 10.5 Å². The van der Waals surface area contributed by atoms with Crippen LogP contribution in [0.5, 0.6) is 0 Å². The van der Waals surface area contributed by atoms with E-state index < -0.39 is 10.0 Å². The Balaban J connectivity index is 2.86. The lowest BCUT2D eigenvalue weighted by Gasteiger charge is -2.15. The summed E-state index contributed by atoms with van der Waals surface area (Å²) >= 11 is 4.87. The third-order valence-electron chi connectivity index (χ3n) is 2.77. The van der Waals surface area contributed by atoms with Gasteiger partial charge in [-0.15, -0.1) is 0 Å². The van der Waals surface area contributed by atoms with Crippen LogP contribution in [0.25, 0.3) is 0 Å². The Morgan fingerprint density at radius 1 is 1.42 bits per heavy atom. The molecule has 0 bridgehead atoms. The lowest BCUT2D eigenvalue weighted by atomic mass is 10.2. The van der Waals surface area contributed by atoms with Crippen molar-refractivity contribution in [1.82, 2.24) is 9.62 Å². The van der Waals surface area contributed by atoms with Gasteiger partial charge in [-0.3, -0.25) is 0 Å². The summed E-state index contributed by atoms with van der Waals surface area (Å²) in [6, 6.07) is 6.46. The van der Waals surface area contributed by atoms with E-state index in [0.717, 1.165) is 6.54 Å². The van der Waals surface area contributed by atoms with Crippen molar-refractivity contribution in [1.29, 1.82) is 0 Å². The van der Waals surface area contributed by atoms with E-state index in [4.69, 9.17) is 18.0 Å². The van der Waals surface area contributed by atoms with Crippen molar-refractivity contribution in [3.8, 4) is 0 Å². The number of hydrogen-bond acceptors (Lipinski definition) is 4. The van der Waals surface area contributed by atoms with Crippen LogP contribution in [-0.4, -0.2) is 45.0 Å². The van der Waals surface area contributed by atoms with Crippen molar-refractivity contribution in [2.45, 2.75) is 11.8 Å². The Hall–Kier alpha value is -1.02. The van der Waals surface area contributed by atoms with Crippen molar-refractivity contribution in [3.63, 3.8) is 0 Å². The summed E-state index contributed by atoms with van der Waals surface area (Å²) in [5.41, 5.74) is 5.91. The van der Waals surface area contributed by atoms with Crippen LogP contribution in [0.15, 0.2) is 29.2 Å². The standard InChI is InChI=1S/C12H19N3O2S2/c1-3-15(2)9-8-14-19(16,17)11-7-5-4-6-10(11)12(13)18/h4-7,14H,3,8-9H2,1-2H3,(H2,13,18). The minimum atomic E-state index is -3.58. The monoisotopic (exact) mass is 301 g/mol. The van der Waals surface area contributed by atoms with Gasteiger partial charge in [0.15, 0.2) is 0 Å². The number of sulfonamides is 1. The Morgan fingerprint density at radius 3 is 2.63 bits per heavy atom. The van der Waals surface area contributed by atoms with Crippen LogP contribution in [-0.2, 0) is 10.0 Å². The normalized spacial score (nSPS) is 11.7. The van der Waals surface area contributed by atoms with E-state index in [0.29, 0.717) is 18.7 Å². The number of benzene rings is 1. The van der Waals surface area contributed by atoms with Crippen LogP contribution in [0.1, 0.15) is 12.5 Å². The van der Waals surface area contributed by atoms with E-state index in [-0.39, 0.29) is 9.88 Å². The molecule has 19 heavy (non-hydrogen) atoms. The third kappa shape index (κ3) is 4.54. The molecule has 0 aliphatic carbocycles. The topological polar surface area (TPSA) is 75.4 Å². The Labute approximate surface area is 119 Å². The first-order valence-corrected chi connectivity index (χ1v) is 7.84. The highest BCUT2D eigenvalue weighted by molar-refractivity contribution is 7.89. The molecule has 5 nitrogen and oxygen atoms in total. The van der Waals surface area contributed by atoms with Gasteiger partial charge < -0.3 is 10.6 Å². The highest BCUT2D eigenvalue weighted by Gasteiger charge is 2.18. The van der Waals surface area contributed by atoms with Gasteiger partial charge in [0.1, 0.15) is 4.99 Å². The Kier molecular flexibility index (Phi) is 5.86. The zero-order chi connectivity index (χ0) is 14.5. The van der Waals surface area contributed by atoms with Gasteiger partial charge in [0, 0.05) is 18.7 Å². The lowest BCUT2D eigenvalue weighted by Crippen LogP contribution is -2.33. The first-order chi connectivity index (χ1) is 8.88. The van der Waals surface area contributed by atoms with Crippen molar-refractivity contribution in [2.24, 2.45) is 5.73 Å². The lowest BCUT2D eigenvalue weighted by molar-refractivity contribution is 0.358. The van der Waals surface area contributed by atoms with Gasteiger partial charge in [0.25, 0.3) is 0 Å². The number of hydrogen-bond donors (Lipinski definition) is 2. The molecule has 0 radical (unpaired) electrons. The number of nitrogens with one attached hydrogen (secondary N) is 1. The van der Waals surface area contributed by atoms with Crippen molar-refractivity contribution < 1.29 is 8.42 Å². The van der Waals surface area contributed by atoms with E-state index in [1.165, 1.54) is 6.07 Å². The minimum Gasteiger partial charge on any atom is -0.389 e. The molecule has 0 saturated heterocycles. The molecule has 0 amide bonds. The minimum absolute atomic E-state index is 0.0756. The third-order valence-corrected chi connectivity index (χ3v) is 4.51. The predicted molar refractivity (Wildman–Crippen MR) is 80.7 cm³/mol. The van der Waals surface area contributed by atoms with Gasteiger partial charge in [0.05, 0.1) is 4.90 Å². The molecule has 0 unspecified atom stereocenters. The molecule has 0 aliphatic rings. The highest BCUT2D eigenvalue weighted by Crippen LogP contribution is 2.14. The fourth-order valence-electron chi connectivity index (χ4n) is 1.51. The first-order valence-electron chi connectivity index (χ1n) is 5.95. The van der Waals surface area contributed by atoms with E-state index in [9.17, 15) is 8.42 Å². The number of rotatable bonds is 7. The van der Waals surface area contributed by atoms with E-state index in [2.05, 4.69) is 4.72 Å². The molecule has 0 heterocycles. The predicted octanol–water partition coefficient (Wildman–Crippen LogP) is 0.551. The quantitative estimate of drug-likeness (QED) is 0.719.